The smallest absolute Gasteiger partial charge is 0.156 e. The molecule has 2 aromatic carbocycles. The maximum absolute atomic E-state index is 6.15. The fraction of sp³-hybridized carbons (Fsp3) is 0.294. The largest absolute Gasteiger partial charge is 0.488 e. The molecule has 0 amide bonds. The van der Waals surface area contributed by atoms with Crippen LogP contribution >= 0.6 is 15.9 Å². The van der Waals surface area contributed by atoms with Gasteiger partial charge in [0.1, 0.15) is 6.61 Å². The molecule has 0 bridgehead atoms. The summed E-state index contributed by atoms with van der Waals surface area (Å²) in [7, 11) is 0. The summed E-state index contributed by atoms with van der Waals surface area (Å²) >= 11 is 3.56. The number of ether oxygens (including phenoxy) is 2. The fourth-order valence-corrected chi connectivity index (χ4v) is 3.11. The number of hydrogen-bond donors (Lipinski definition) is 1. The summed E-state index contributed by atoms with van der Waals surface area (Å²) in [6, 6.07) is 14.1. The van der Waals surface area contributed by atoms with Crippen molar-refractivity contribution in [3.05, 3.63) is 46.9 Å². The maximum Gasteiger partial charge on any atom is 0.156 e. The lowest BCUT2D eigenvalue weighted by molar-refractivity contribution is 0.0680. The fourth-order valence-electron chi connectivity index (χ4n) is 2.52. The van der Waals surface area contributed by atoms with E-state index in [9.17, 15) is 0 Å². The van der Waals surface area contributed by atoms with Crippen molar-refractivity contribution in [2.45, 2.75) is 18.9 Å². The van der Waals surface area contributed by atoms with E-state index in [4.69, 9.17) is 15.2 Å². The van der Waals surface area contributed by atoms with Crippen molar-refractivity contribution in [1.29, 1.82) is 0 Å². The Bertz CT molecular complexity index is 586. The Morgan fingerprint density at radius 3 is 2.67 bits per heavy atom. The molecule has 0 saturated carbocycles. The van der Waals surface area contributed by atoms with Crippen LogP contribution in [0.25, 0.3) is 11.1 Å². The zero-order chi connectivity index (χ0) is 14.7. The molecular weight excluding hydrogens is 330 g/mol. The van der Waals surface area contributed by atoms with Crippen LogP contribution in [0.2, 0.25) is 0 Å². The van der Waals surface area contributed by atoms with Gasteiger partial charge in [0.25, 0.3) is 0 Å². The average molecular weight is 348 g/mol. The number of anilines is 1. The Hall–Kier alpha value is -1.52. The molecule has 1 aliphatic rings. The first-order chi connectivity index (χ1) is 10.2. The number of rotatable bonds is 4. The predicted octanol–water partition coefficient (Wildman–Crippen LogP) is 4.26. The first-order valence-corrected chi connectivity index (χ1v) is 7.92. The minimum absolute atomic E-state index is 0.185. The molecule has 3 nitrogen and oxygen atoms in total. The summed E-state index contributed by atoms with van der Waals surface area (Å²) in [6.07, 6.45) is 2.35. The number of hydrogen-bond acceptors (Lipinski definition) is 3. The molecule has 4 heteroatoms. The molecule has 1 unspecified atom stereocenters. The number of benzene rings is 2. The van der Waals surface area contributed by atoms with Crippen LogP contribution in [0, 0.1) is 0 Å². The molecule has 1 heterocycles. The third-order valence-electron chi connectivity index (χ3n) is 3.62. The molecule has 0 aromatic heterocycles. The van der Waals surface area contributed by atoms with Gasteiger partial charge in [-0.15, -0.1) is 0 Å². The minimum Gasteiger partial charge on any atom is -0.488 e. The van der Waals surface area contributed by atoms with Gasteiger partial charge in [-0.3, -0.25) is 0 Å². The van der Waals surface area contributed by atoms with E-state index in [1.165, 1.54) is 0 Å². The Kier molecular flexibility index (Phi) is 4.46. The van der Waals surface area contributed by atoms with Gasteiger partial charge in [0.05, 0.1) is 16.3 Å². The van der Waals surface area contributed by atoms with Crippen molar-refractivity contribution in [2.75, 3.05) is 18.9 Å². The van der Waals surface area contributed by atoms with Crippen LogP contribution < -0.4 is 10.5 Å². The quantitative estimate of drug-likeness (QED) is 0.840. The van der Waals surface area contributed by atoms with Crippen LogP contribution in [-0.2, 0) is 4.74 Å². The Balaban J connectivity index is 1.79. The first kappa shape index (κ1) is 14.4. The lowest BCUT2D eigenvalue weighted by Gasteiger charge is -2.15. The lowest BCUT2D eigenvalue weighted by atomic mass is 10.1. The van der Waals surface area contributed by atoms with Gasteiger partial charge in [-0.25, -0.2) is 0 Å². The highest BCUT2D eigenvalue weighted by atomic mass is 79.9. The normalized spacial score (nSPS) is 17.9. The molecule has 21 heavy (non-hydrogen) atoms. The predicted molar refractivity (Wildman–Crippen MR) is 88.5 cm³/mol. The van der Waals surface area contributed by atoms with Crippen LogP contribution in [0.5, 0.6) is 5.75 Å². The topological polar surface area (TPSA) is 44.5 Å². The molecule has 1 fully saturated rings. The number of halogens is 1. The highest BCUT2D eigenvalue weighted by Gasteiger charge is 2.18. The molecule has 0 aliphatic carbocycles. The summed E-state index contributed by atoms with van der Waals surface area (Å²) in [5, 5.41) is 0. The van der Waals surface area contributed by atoms with Crippen molar-refractivity contribution < 1.29 is 9.47 Å². The van der Waals surface area contributed by atoms with Crippen molar-refractivity contribution >= 4 is 21.6 Å². The van der Waals surface area contributed by atoms with Gasteiger partial charge in [0.2, 0.25) is 0 Å². The van der Waals surface area contributed by atoms with Gasteiger partial charge in [0, 0.05) is 6.61 Å². The summed E-state index contributed by atoms with van der Waals surface area (Å²) in [4.78, 5) is 0. The van der Waals surface area contributed by atoms with Crippen molar-refractivity contribution in [3.63, 3.8) is 0 Å². The van der Waals surface area contributed by atoms with E-state index in [0.29, 0.717) is 18.0 Å². The van der Waals surface area contributed by atoms with Crippen LogP contribution in [0.1, 0.15) is 12.8 Å². The van der Waals surface area contributed by atoms with Crippen molar-refractivity contribution in [2.24, 2.45) is 0 Å². The molecule has 1 atom stereocenters. The number of nitrogens with two attached hydrogens (primary N) is 1. The first-order valence-electron chi connectivity index (χ1n) is 7.13. The second kappa shape index (κ2) is 6.50. The highest BCUT2D eigenvalue weighted by molar-refractivity contribution is 9.10. The van der Waals surface area contributed by atoms with E-state index in [-0.39, 0.29) is 6.10 Å². The van der Waals surface area contributed by atoms with Gasteiger partial charge < -0.3 is 15.2 Å². The van der Waals surface area contributed by atoms with Crippen LogP contribution in [0.4, 0.5) is 5.69 Å². The molecule has 2 aromatic rings. The molecule has 3 rings (SSSR count). The SMILES string of the molecule is Nc1cc(-c2ccccc2)cc(Br)c1OCC1CCCO1. The van der Waals surface area contributed by atoms with E-state index in [0.717, 1.165) is 35.0 Å². The average Bonchev–Trinajstić information content (AvgIpc) is 3.00. The van der Waals surface area contributed by atoms with Gasteiger partial charge in [-0.2, -0.15) is 0 Å². The van der Waals surface area contributed by atoms with E-state index in [2.05, 4.69) is 28.1 Å². The summed E-state index contributed by atoms with van der Waals surface area (Å²) in [6.45, 7) is 1.38. The molecule has 1 aliphatic heterocycles. The Labute approximate surface area is 133 Å². The highest BCUT2D eigenvalue weighted by Crippen LogP contribution is 2.36. The van der Waals surface area contributed by atoms with Crippen molar-refractivity contribution in [3.8, 4) is 16.9 Å². The van der Waals surface area contributed by atoms with E-state index < -0.39 is 0 Å². The van der Waals surface area contributed by atoms with E-state index >= 15 is 0 Å². The molecular formula is C17H18BrNO2. The monoisotopic (exact) mass is 347 g/mol. The van der Waals surface area contributed by atoms with Crippen molar-refractivity contribution in [1.82, 2.24) is 0 Å². The van der Waals surface area contributed by atoms with Gasteiger partial charge >= 0.3 is 0 Å². The zero-order valence-corrected chi connectivity index (χ0v) is 13.3. The van der Waals surface area contributed by atoms with Gasteiger partial charge in [-0.05, 0) is 52.0 Å². The summed E-state index contributed by atoms with van der Waals surface area (Å²) in [5.41, 5.74) is 9.00. The molecule has 0 spiro atoms. The van der Waals surface area contributed by atoms with Gasteiger partial charge in [-0.1, -0.05) is 30.3 Å². The third kappa shape index (κ3) is 3.39. The minimum atomic E-state index is 0.185. The molecule has 2 N–H and O–H groups in total. The molecule has 110 valence electrons. The van der Waals surface area contributed by atoms with Crippen LogP contribution in [0.3, 0.4) is 0 Å². The summed E-state index contributed by atoms with van der Waals surface area (Å²) in [5.74, 6) is 0.699. The van der Waals surface area contributed by atoms with Gasteiger partial charge in [0.15, 0.2) is 5.75 Å². The van der Waals surface area contributed by atoms with Crippen LogP contribution in [0.15, 0.2) is 46.9 Å². The third-order valence-corrected chi connectivity index (χ3v) is 4.21. The number of nitrogen functional groups attached to an aromatic ring is 1. The van der Waals surface area contributed by atoms with E-state index in [1.54, 1.807) is 0 Å². The van der Waals surface area contributed by atoms with E-state index in [1.807, 2.05) is 30.3 Å². The van der Waals surface area contributed by atoms with Crippen LogP contribution in [-0.4, -0.2) is 19.3 Å². The Morgan fingerprint density at radius 2 is 2.00 bits per heavy atom. The molecule has 1 saturated heterocycles. The maximum atomic E-state index is 6.15. The second-order valence-corrected chi connectivity index (χ2v) is 6.04. The standard InChI is InChI=1S/C17H18BrNO2/c18-15-9-13(12-5-2-1-3-6-12)10-16(19)17(15)21-11-14-7-4-8-20-14/h1-3,5-6,9-10,14H,4,7-8,11,19H2. The summed E-state index contributed by atoms with van der Waals surface area (Å²) < 4.78 is 12.3. The molecule has 0 radical (unpaired) electrons. The Morgan fingerprint density at radius 1 is 1.19 bits per heavy atom. The lowest BCUT2D eigenvalue weighted by Crippen LogP contribution is -2.17. The second-order valence-electron chi connectivity index (χ2n) is 5.19. The zero-order valence-electron chi connectivity index (χ0n) is 11.7.